The number of H-pyrrole nitrogens is 1. The molecule has 1 amide bonds. The second-order valence-electron chi connectivity index (χ2n) is 5.63. The minimum atomic E-state index is -0.156. The van der Waals surface area contributed by atoms with Gasteiger partial charge in [0.25, 0.3) is 0 Å². The minimum Gasteiger partial charge on any atom is -0.497 e. The third-order valence-electron chi connectivity index (χ3n) is 3.94. The molecule has 2 aromatic carbocycles. The van der Waals surface area contributed by atoms with Crippen LogP contribution in [-0.4, -0.2) is 43.4 Å². The van der Waals surface area contributed by atoms with Crippen LogP contribution in [0.5, 0.6) is 5.75 Å². The van der Waals surface area contributed by atoms with Crippen LogP contribution in [0.2, 0.25) is 0 Å². The molecule has 4 rings (SSSR count). The van der Waals surface area contributed by atoms with Gasteiger partial charge in [-0.3, -0.25) is 9.89 Å². The van der Waals surface area contributed by atoms with Crippen molar-refractivity contribution in [3.05, 3.63) is 54.4 Å². The highest BCUT2D eigenvalue weighted by atomic mass is 16.5. The molecule has 26 heavy (non-hydrogen) atoms. The third kappa shape index (κ3) is 3.09. The number of ether oxygens (including phenoxy) is 1. The fourth-order valence-corrected chi connectivity index (χ4v) is 2.62. The molecule has 0 saturated heterocycles. The van der Waals surface area contributed by atoms with E-state index < -0.39 is 0 Å². The molecule has 0 fully saturated rings. The summed E-state index contributed by atoms with van der Waals surface area (Å²) in [5, 5.41) is 21.7. The van der Waals surface area contributed by atoms with Crippen molar-refractivity contribution in [2.45, 2.75) is 6.42 Å². The molecular formula is C17H15N7O2. The molecule has 0 aliphatic rings. The van der Waals surface area contributed by atoms with Gasteiger partial charge < -0.3 is 10.1 Å². The first-order valence-corrected chi connectivity index (χ1v) is 7.87. The zero-order chi connectivity index (χ0) is 17.9. The number of benzene rings is 2. The van der Waals surface area contributed by atoms with Crippen molar-refractivity contribution in [1.82, 2.24) is 30.4 Å². The lowest BCUT2D eigenvalue weighted by atomic mass is 10.1. The van der Waals surface area contributed by atoms with Gasteiger partial charge in [0.2, 0.25) is 5.91 Å². The number of rotatable bonds is 5. The average Bonchev–Trinajstić information content (AvgIpc) is 3.32. The Morgan fingerprint density at radius 3 is 2.81 bits per heavy atom. The first-order chi connectivity index (χ1) is 12.7. The fraction of sp³-hybridized carbons (Fsp3) is 0.118. The zero-order valence-electron chi connectivity index (χ0n) is 13.9. The number of anilines is 1. The minimum absolute atomic E-state index is 0.156. The number of carbonyl (C=O) groups excluding carboxylic acids is 1. The highest BCUT2D eigenvalue weighted by molar-refractivity contribution is 6.00. The molecule has 0 unspecified atom stereocenters. The number of aromatic nitrogens is 6. The first kappa shape index (κ1) is 15.8. The summed E-state index contributed by atoms with van der Waals surface area (Å²) in [5.41, 5.74) is 2.52. The molecule has 130 valence electrons. The van der Waals surface area contributed by atoms with Crippen LogP contribution in [0.1, 0.15) is 5.56 Å². The van der Waals surface area contributed by atoms with Crippen molar-refractivity contribution in [2.75, 3.05) is 12.4 Å². The van der Waals surface area contributed by atoms with E-state index in [4.69, 9.17) is 4.74 Å². The summed E-state index contributed by atoms with van der Waals surface area (Å²) in [5.74, 6) is 1.03. The Hall–Kier alpha value is -3.75. The summed E-state index contributed by atoms with van der Waals surface area (Å²) < 4.78 is 6.77. The van der Waals surface area contributed by atoms with Crippen LogP contribution < -0.4 is 10.1 Å². The van der Waals surface area contributed by atoms with Gasteiger partial charge in [0.15, 0.2) is 5.82 Å². The van der Waals surface area contributed by atoms with Crippen molar-refractivity contribution in [2.24, 2.45) is 0 Å². The van der Waals surface area contributed by atoms with E-state index in [-0.39, 0.29) is 12.3 Å². The second kappa shape index (κ2) is 6.63. The van der Waals surface area contributed by atoms with E-state index in [1.807, 2.05) is 42.5 Å². The average molecular weight is 349 g/mol. The summed E-state index contributed by atoms with van der Waals surface area (Å²) in [6, 6.07) is 13.0. The Morgan fingerprint density at radius 1 is 1.23 bits per heavy atom. The van der Waals surface area contributed by atoms with Crippen LogP contribution in [0.25, 0.3) is 16.6 Å². The van der Waals surface area contributed by atoms with Crippen LogP contribution in [0.4, 0.5) is 5.82 Å². The van der Waals surface area contributed by atoms with Gasteiger partial charge >= 0.3 is 0 Å². The predicted molar refractivity (Wildman–Crippen MR) is 94.1 cm³/mol. The fourth-order valence-electron chi connectivity index (χ4n) is 2.62. The lowest BCUT2D eigenvalue weighted by Crippen LogP contribution is -2.15. The normalized spacial score (nSPS) is 10.8. The molecule has 0 bridgehead atoms. The molecule has 0 radical (unpaired) electrons. The highest BCUT2D eigenvalue weighted by Gasteiger charge is 2.11. The summed E-state index contributed by atoms with van der Waals surface area (Å²) in [6.45, 7) is 0. The van der Waals surface area contributed by atoms with Crippen LogP contribution in [0, 0.1) is 0 Å². The summed E-state index contributed by atoms with van der Waals surface area (Å²) in [4.78, 5) is 12.4. The molecule has 4 aromatic rings. The van der Waals surface area contributed by atoms with E-state index in [9.17, 15) is 4.79 Å². The van der Waals surface area contributed by atoms with E-state index in [0.29, 0.717) is 11.6 Å². The van der Waals surface area contributed by atoms with Crippen molar-refractivity contribution < 1.29 is 9.53 Å². The Bertz CT molecular complexity index is 1040. The van der Waals surface area contributed by atoms with Gasteiger partial charge in [-0.25, -0.2) is 4.68 Å². The molecular weight excluding hydrogens is 334 g/mol. The zero-order valence-corrected chi connectivity index (χ0v) is 13.9. The summed E-state index contributed by atoms with van der Waals surface area (Å²) >= 11 is 0. The maximum absolute atomic E-state index is 12.4. The molecule has 0 saturated carbocycles. The van der Waals surface area contributed by atoms with Crippen LogP contribution in [-0.2, 0) is 11.2 Å². The van der Waals surface area contributed by atoms with Crippen molar-refractivity contribution in [1.29, 1.82) is 0 Å². The number of methoxy groups -OCH3 is 1. The quantitative estimate of drug-likeness (QED) is 0.568. The third-order valence-corrected chi connectivity index (χ3v) is 3.94. The van der Waals surface area contributed by atoms with Gasteiger partial charge in [-0.05, 0) is 46.3 Å². The number of amides is 1. The lowest BCUT2D eigenvalue weighted by Gasteiger charge is -2.05. The number of nitrogens with one attached hydrogen (secondary N) is 2. The van der Waals surface area contributed by atoms with E-state index in [2.05, 4.69) is 31.0 Å². The van der Waals surface area contributed by atoms with Crippen LogP contribution >= 0.6 is 0 Å². The molecule has 2 N–H and O–H groups in total. The molecule has 9 heteroatoms. The molecule has 0 aliphatic heterocycles. The largest absolute Gasteiger partial charge is 0.497 e. The van der Waals surface area contributed by atoms with E-state index in [0.717, 1.165) is 22.2 Å². The smallest absolute Gasteiger partial charge is 0.230 e. The van der Waals surface area contributed by atoms with E-state index in [1.165, 1.54) is 6.33 Å². The topological polar surface area (TPSA) is 111 Å². The number of hydrogen-bond donors (Lipinski definition) is 2. The monoisotopic (exact) mass is 349 g/mol. The maximum Gasteiger partial charge on any atom is 0.230 e. The Morgan fingerprint density at radius 2 is 2.08 bits per heavy atom. The Balaban J connectivity index is 1.47. The summed E-state index contributed by atoms with van der Waals surface area (Å²) in [7, 11) is 1.60. The number of aromatic amines is 1. The van der Waals surface area contributed by atoms with Gasteiger partial charge in [0.1, 0.15) is 12.1 Å². The molecule has 2 heterocycles. The summed E-state index contributed by atoms with van der Waals surface area (Å²) in [6.07, 6.45) is 1.74. The molecule has 2 aromatic heterocycles. The lowest BCUT2D eigenvalue weighted by molar-refractivity contribution is -0.115. The van der Waals surface area contributed by atoms with Gasteiger partial charge in [0, 0.05) is 5.39 Å². The Labute approximate surface area is 148 Å². The van der Waals surface area contributed by atoms with Crippen LogP contribution in [0.15, 0.2) is 48.8 Å². The maximum atomic E-state index is 12.4. The number of hydrogen-bond acceptors (Lipinski definition) is 6. The molecule has 0 atom stereocenters. The number of fused-ring (bicyclic) bond motifs is 1. The Kier molecular flexibility index (Phi) is 4.02. The highest BCUT2D eigenvalue weighted by Crippen LogP contribution is 2.25. The van der Waals surface area contributed by atoms with E-state index in [1.54, 1.807) is 11.8 Å². The number of nitrogens with zero attached hydrogens (tertiary/aromatic N) is 5. The van der Waals surface area contributed by atoms with Gasteiger partial charge in [-0.2, -0.15) is 5.10 Å². The SMILES string of the molecule is COc1ccc2[nH]nc(NC(=O)Cc3ccc(-n4cnnn4)cc3)c2c1. The number of tetrazole rings is 1. The molecule has 0 aliphatic carbocycles. The second-order valence-corrected chi connectivity index (χ2v) is 5.63. The predicted octanol–water partition coefficient (Wildman–Crippen LogP) is 1.73. The van der Waals surface area contributed by atoms with Crippen molar-refractivity contribution >= 4 is 22.6 Å². The van der Waals surface area contributed by atoms with Crippen LogP contribution in [0.3, 0.4) is 0 Å². The van der Waals surface area contributed by atoms with Gasteiger partial charge in [0.05, 0.1) is 24.7 Å². The molecule has 0 spiro atoms. The first-order valence-electron chi connectivity index (χ1n) is 7.87. The van der Waals surface area contributed by atoms with Crippen molar-refractivity contribution in [3.63, 3.8) is 0 Å². The van der Waals surface area contributed by atoms with Gasteiger partial charge in [-0.15, -0.1) is 5.10 Å². The molecule has 9 nitrogen and oxygen atoms in total. The van der Waals surface area contributed by atoms with Gasteiger partial charge in [-0.1, -0.05) is 12.1 Å². The number of carbonyl (C=O) groups is 1. The standard InChI is InChI=1S/C17H15N7O2/c1-26-13-6-7-15-14(9-13)17(21-20-15)19-16(25)8-11-2-4-12(5-3-11)24-10-18-22-23-24/h2-7,9-10H,8H2,1H3,(H2,19,20,21,25). The van der Waals surface area contributed by atoms with Crippen molar-refractivity contribution in [3.8, 4) is 11.4 Å². The van der Waals surface area contributed by atoms with E-state index >= 15 is 0 Å².